The molecule has 0 radical (unpaired) electrons. The van der Waals surface area contributed by atoms with E-state index in [1.54, 1.807) is 16.9 Å². The molecule has 1 aliphatic heterocycles. The Balaban J connectivity index is 2.04. The lowest BCUT2D eigenvalue weighted by molar-refractivity contribution is 0.103. The van der Waals surface area contributed by atoms with E-state index in [2.05, 4.69) is 10.4 Å². The normalized spacial score (nSPS) is 13.8. The number of ketones is 1. The third kappa shape index (κ3) is 1.79. The Kier molecular flexibility index (Phi) is 2.63. The van der Waals surface area contributed by atoms with E-state index in [-0.39, 0.29) is 5.78 Å². The number of aromatic nitrogens is 2. The van der Waals surface area contributed by atoms with Crippen LogP contribution in [0.5, 0.6) is 0 Å². The van der Waals surface area contributed by atoms with Crippen molar-refractivity contribution >= 4 is 11.5 Å². The van der Waals surface area contributed by atoms with Crippen LogP contribution >= 0.6 is 0 Å². The van der Waals surface area contributed by atoms with Crippen molar-refractivity contribution in [2.75, 3.05) is 11.9 Å². The molecule has 0 bridgehead atoms. The lowest BCUT2D eigenvalue weighted by Crippen LogP contribution is -2.16. The molecule has 1 aromatic heterocycles. The number of hydrogen-bond donors (Lipinski definition) is 1. The minimum absolute atomic E-state index is 0.0103. The minimum atomic E-state index is 0.0103. The average molecular weight is 241 g/mol. The number of benzene rings is 1. The first-order valence-corrected chi connectivity index (χ1v) is 6.16. The van der Waals surface area contributed by atoms with Gasteiger partial charge in [-0.1, -0.05) is 12.1 Å². The van der Waals surface area contributed by atoms with Crippen LogP contribution in [0.2, 0.25) is 0 Å². The number of anilines is 1. The van der Waals surface area contributed by atoms with Gasteiger partial charge in [-0.05, 0) is 30.5 Å². The second-order valence-corrected chi connectivity index (χ2v) is 4.57. The van der Waals surface area contributed by atoms with Gasteiger partial charge in [0.1, 0.15) is 5.69 Å². The van der Waals surface area contributed by atoms with Crippen LogP contribution in [0.3, 0.4) is 0 Å². The third-order valence-electron chi connectivity index (χ3n) is 3.29. The van der Waals surface area contributed by atoms with Gasteiger partial charge in [0.25, 0.3) is 0 Å². The summed E-state index contributed by atoms with van der Waals surface area (Å²) in [7, 11) is 1.82. The Hall–Kier alpha value is -2.10. The number of carbonyl (C=O) groups is 1. The van der Waals surface area contributed by atoms with Gasteiger partial charge in [-0.25, -0.2) is 0 Å². The molecule has 2 aromatic rings. The summed E-state index contributed by atoms with van der Waals surface area (Å²) in [6.07, 6.45) is 3.82. The molecule has 0 saturated heterocycles. The van der Waals surface area contributed by atoms with Crippen LogP contribution in [0.4, 0.5) is 5.69 Å². The van der Waals surface area contributed by atoms with Gasteiger partial charge < -0.3 is 5.32 Å². The maximum atomic E-state index is 12.4. The molecular formula is C14H15N3O. The van der Waals surface area contributed by atoms with Crippen LogP contribution in [-0.4, -0.2) is 22.1 Å². The van der Waals surface area contributed by atoms with Gasteiger partial charge in [0.15, 0.2) is 0 Å². The molecule has 0 aliphatic carbocycles. The van der Waals surface area contributed by atoms with Crippen molar-refractivity contribution in [1.82, 2.24) is 9.78 Å². The van der Waals surface area contributed by atoms with E-state index in [1.165, 1.54) is 0 Å². The molecule has 0 fully saturated rings. The number of hydrogen-bond acceptors (Lipinski definition) is 3. The van der Waals surface area contributed by atoms with Crippen LogP contribution in [0.25, 0.3) is 0 Å². The highest BCUT2D eigenvalue weighted by molar-refractivity contribution is 6.09. The predicted molar refractivity (Wildman–Crippen MR) is 69.9 cm³/mol. The summed E-state index contributed by atoms with van der Waals surface area (Å²) in [6, 6.07) is 7.61. The molecule has 4 heteroatoms. The summed E-state index contributed by atoms with van der Waals surface area (Å²) >= 11 is 0. The van der Waals surface area contributed by atoms with E-state index in [0.717, 1.165) is 36.2 Å². The molecule has 0 unspecified atom stereocenters. The molecule has 0 spiro atoms. The molecule has 4 nitrogen and oxygen atoms in total. The van der Waals surface area contributed by atoms with Gasteiger partial charge in [-0.2, -0.15) is 5.10 Å². The Morgan fingerprint density at radius 3 is 3.06 bits per heavy atom. The zero-order valence-corrected chi connectivity index (χ0v) is 10.3. The van der Waals surface area contributed by atoms with Gasteiger partial charge in [-0.3, -0.25) is 9.48 Å². The van der Waals surface area contributed by atoms with Crippen molar-refractivity contribution in [2.45, 2.75) is 12.8 Å². The largest absolute Gasteiger partial charge is 0.385 e. The highest BCUT2D eigenvalue weighted by Crippen LogP contribution is 2.26. The minimum Gasteiger partial charge on any atom is -0.385 e. The SMILES string of the molecule is Cn1ccc(C(=O)c2cccc3c2CCCN3)n1. The number of aryl methyl sites for hydroxylation is 1. The molecular weight excluding hydrogens is 226 g/mol. The van der Waals surface area contributed by atoms with Gasteiger partial charge in [-0.15, -0.1) is 0 Å². The first kappa shape index (κ1) is 11.0. The van der Waals surface area contributed by atoms with Crippen LogP contribution in [0, 0.1) is 0 Å². The lowest BCUT2D eigenvalue weighted by atomic mass is 9.94. The third-order valence-corrected chi connectivity index (χ3v) is 3.29. The summed E-state index contributed by atoms with van der Waals surface area (Å²) in [5.41, 5.74) is 3.50. The monoisotopic (exact) mass is 241 g/mol. The molecule has 1 aromatic carbocycles. The molecule has 0 amide bonds. The fourth-order valence-corrected chi connectivity index (χ4v) is 2.40. The molecule has 0 atom stereocenters. The van der Waals surface area contributed by atoms with E-state index >= 15 is 0 Å². The van der Waals surface area contributed by atoms with E-state index < -0.39 is 0 Å². The Morgan fingerprint density at radius 1 is 1.39 bits per heavy atom. The number of rotatable bonds is 2. The maximum Gasteiger partial charge on any atom is 0.213 e. The molecule has 92 valence electrons. The van der Waals surface area contributed by atoms with Crippen LogP contribution in [0.15, 0.2) is 30.5 Å². The number of carbonyl (C=O) groups excluding carboxylic acids is 1. The van der Waals surface area contributed by atoms with Crippen LogP contribution in [0.1, 0.15) is 28.0 Å². The van der Waals surface area contributed by atoms with Gasteiger partial charge in [0, 0.05) is 31.0 Å². The van der Waals surface area contributed by atoms with Crippen LogP contribution in [-0.2, 0) is 13.5 Å². The number of nitrogens with zero attached hydrogens (tertiary/aromatic N) is 2. The molecule has 18 heavy (non-hydrogen) atoms. The fraction of sp³-hybridized carbons (Fsp3) is 0.286. The zero-order valence-electron chi connectivity index (χ0n) is 10.3. The highest BCUT2D eigenvalue weighted by Gasteiger charge is 2.19. The summed E-state index contributed by atoms with van der Waals surface area (Å²) in [5, 5.41) is 7.52. The Labute approximate surface area is 106 Å². The summed E-state index contributed by atoms with van der Waals surface area (Å²) in [5.74, 6) is 0.0103. The van der Waals surface area contributed by atoms with Crippen molar-refractivity contribution < 1.29 is 4.79 Å². The van der Waals surface area contributed by atoms with Crippen molar-refractivity contribution in [2.24, 2.45) is 7.05 Å². The van der Waals surface area contributed by atoms with Crippen molar-refractivity contribution in [3.63, 3.8) is 0 Å². The second kappa shape index (κ2) is 4.29. The average Bonchev–Trinajstić information content (AvgIpc) is 2.84. The molecule has 1 aliphatic rings. The lowest BCUT2D eigenvalue weighted by Gasteiger charge is -2.20. The first-order valence-electron chi connectivity index (χ1n) is 6.16. The van der Waals surface area contributed by atoms with Gasteiger partial charge in [0.2, 0.25) is 5.78 Å². The first-order chi connectivity index (χ1) is 8.75. The van der Waals surface area contributed by atoms with E-state index in [4.69, 9.17) is 0 Å². The fourth-order valence-electron chi connectivity index (χ4n) is 2.40. The Bertz CT molecular complexity index is 601. The van der Waals surface area contributed by atoms with Crippen molar-refractivity contribution in [3.8, 4) is 0 Å². The summed E-state index contributed by atoms with van der Waals surface area (Å²) in [4.78, 5) is 12.4. The standard InChI is InChI=1S/C14H15N3O/c1-17-9-7-13(16-17)14(18)11-4-2-6-12-10(11)5-3-8-15-12/h2,4,6-7,9,15H,3,5,8H2,1H3. The Morgan fingerprint density at radius 2 is 2.28 bits per heavy atom. The van der Waals surface area contributed by atoms with Gasteiger partial charge >= 0.3 is 0 Å². The van der Waals surface area contributed by atoms with Gasteiger partial charge in [0.05, 0.1) is 0 Å². The van der Waals surface area contributed by atoms with E-state index in [1.807, 2.05) is 25.2 Å². The second-order valence-electron chi connectivity index (χ2n) is 4.57. The van der Waals surface area contributed by atoms with Crippen molar-refractivity contribution in [3.05, 3.63) is 47.3 Å². The number of nitrogens with one attached hydrogen (secondary N) is 1. The molecule has 1 N–H and O–H groups in total. The van der Waals surface area contributed by atoms with E-state index in [0.29, 0.717) is 5.69 Å². The van der Waals surface area contributed by atoms with Crippen molar-refractivity contribution in [1.29, 1.82) is 0 Å². The maximum absolute atomic E-state index is 12.4. The molecule has 0 saturated carbocycles. The van der Waals surface area contributed by atoms with Crippen LogP contribution < -0.4 is 5.32 Å². The molecule has 2 heterocycles. The zero-order chi connectivity index (χ0) is 12.5. The highest BCUT2D eigenvalue weighted by atomic mass is 16.1. The smallest absolute Gasteiger partial charge is 0.213 e. The van der Waals surface area contributed by atoms with E-state index in [9.17, 15) is 4.79 Å². The summed E-state index contributed by atoms with van der Waals surface area (Å²) in [6.45, 7) is 0.980. The number of fused-ring (bicyclic) bond motifs is 1. The predicted octanol–water partition coefficient (Wildman–Crippen LogP) is 2.01. The summed E-state index contributed by atoms with van der Waals surface area (Å²) < 4.78 is 1.65. The quantitative estimate of drug-likeness (QED) is 0.818. The molecule has 3 rings (SSSR count). The topological polar surface area (TPSA) is 46.9 Å².